The molecule has 26 heavy (non-hydrogen) atoms. The summed E-state index contributed by atoms with van der Waals surface area (Å²) >= 11 is 1.49. The third-order valence-corrected chi connectivity index (χ3v) is 5.40. The van der Waals surface area contributed by atoms with Gasteiger partial charge < -0.3 is 26.0 Å². The molecule has 0 amide bonds. The number of nitrogens with zero attached hydrogens (tertiary/aromatic N) is 2. The Hall–Kier alpha value is -2.00. The number of aromatic nitrogens is 1. The molecule has 0 spiro atoms. The predicted molar refractivity (Wildman–Crippen MR) is 101 cm³/mol. The Morgan fingerprint density at radius 2 is 1.92 bits per heavy atom. The number of hydrogen-bond donors (Lipinski definition) is 4. The van der Waals surface area contributed by atoms with Gasteiger partial charge in [-0.2, -0.15) is 0 Å². The zero-order valence-corrected chi connectivity index (χ0v) is 15.3. The van der Waals surface area contributed by atoms with E-state index in [1.807, 2.05) is 6.07 Å². The van der Waals surface area contributed by atoms with Gasteiger partial charge in [-0.05, 0) is 31.5 Å². The highest BCUT2D eigenvalue weighted by Gasteiger charge is 2.39. The Labute approximate surface area is 156 Å². The summed E-state index contributed by atoms with van der Waals surface area (Å²) in [5, 5.41) is 28.3. The second-order valence-electron chi connectivity index (χ2n) is 6.26. The van der Waals surface area contributed by atoms with Crippen molar-refractivity contribution < 1.29 is 20.1 Å². The number of carbonyl (C=O) groups is 1. The topological polar surface area (TPSA) is 120 Å². The molecule has 1 aromatic carbocycles. The van der Waals surface area contributed by atoms with Crippen LogP contribution in [-0.2, 0) is 10.2 Å². The summed E-state index contributed by atoms with van der Waals surface area (Å²) in [5.74, 6) is 0. The summed E-state index contributed by atoms with van der Waals surface area (Å²) in [6, 6.07) is 10.5. The molecule has 1 unspecified atom stereocenters. The van der Waals surface area contributed by atoms with Crippen molar-refractivity contribution >= 4 is 22.9 Å². The van der Waals surface area contributed by atoms with Gasteiger partial charge in [-0.15, -0.1) is 11.3 Å². The Bertz CT molecular complexity index is 672. The second kappa shape index (κ2) is 9.63. The van der Waals surface area contributed by atoms with E-state index in [9.17, 15) is 5.11 Å². The van der Waals surface area contributed by atoms with Gasteiger partial charge in [0, 0.05) is 17.3 Å². The number of β-amino-alcohol motifs (C(OH)–C–C–N with tert-alkyl or cyclic N) is 1. The zero-order valence-electron chi connectivity index (χ0n) is 14.5. The SMILES string of the molecule is Nc1nc(C2(c3ccccc3)CCN(CC(O)CO)CC2)cs1.O=CO. The minimum Gasteiger partial charge on any atom is -0.483 e. The van der Waals surface area contributed by atoms with Crippen LogP contribution < -0.4 is 5.73 Å². The highest BCUT2D eigenvalue weighted by Crippen LogP contribution is 2.42. The Morgan fingerprint density at radius 3 is 2.42 bits per heavy atom. The lowest BCUT2D eigenvalue weighted by Crippen LogP contribution is -2.46. The van der Waals surface area contributed by atoms with E-state index in [-0.39, 0.29) is 18.5 Å². The molecule has 1 saturated heterocycles. The third-order valence-electron chi connectivity index (χ3n) is 4.73. The average molecular weight is 379 g/mol. The minimum atomic E-state index is -0.672. The second-order valence-corrected chi connectivity index (χ2v) is 7.15. The van der Waals surface area contributed by atoms with Crippen LogP contribution in [0.1, 0.15) is 24.1 Å². The van der Waals surface area contributed by atoms with Crippen LogP contribution in [-0.4, -0.2) is 64.0 Å². The number of aliphatic hydroxyl groups is 2. The molecule has 1 aromatic heterocycles. The van der Waals surface area contributed by atoms with Crippen molar-refractivity contribution in [1.29, 1.82) is 0 Å². The number of piperidine rings is 1. The first-order valence-corrected chi connectivity index (χ1v) is 9.30. The first-order valence-electron chi connectivity index (χ1n) is 8.42. The van der Waals surface area contributed by atoms with Crippen molar-refractivity contribution in [2.45, 2.75) is 24.4 Å². The molecule has 5 N–H and O–H groups in total. The summed E-state index contributed by atoms with van der Waals surface area (Å²) in [6.07, 6.45) is 1.19. The number of hydrogen-bond acceptors (Lipinski definition) is 7. The van der Waals surface area contributed by atoms with E-state index in [2.05, 4.69) is 39.5 Å². The minimum absolute atomic E-state index is 0.115. The molecule has 0 saturated carbocycles. The van der Waals surface area contributed by atoms with Crippen LogP contribution in [0.2, 0.25) is 0 Å². The van der Waals surface area contributed by atoms with Gasteiger partial charge in [0.25, 0.3) is 6.47 Å². The molecule has 1 fully saturated rings. The van der Waals surface area contributed by atoms with E-state index < -0.39 is 6.10 Å². The fraction of sp³-hybridized carbons (Fsp3) is 0.444. The quantitative estimate of drug-likeness (QED) is 0.576. The molecule has 1 aliphatic heterocycles. The number of anilines is 1. The highest BCUT2D eigenvalue weighted by molar-refractivity contribution is 7.13. The summed E-state index contributed by atoms with van der Waals surface area (Å²) in [6.45, 7) is 1.80. The van der Waals surface area contributed by atoms with E-state index in [1.54, 1.807) is 0 Å². The number of benzene rings is 1. The normalized spacial score (nSPS) is 17.8. The van der Waals surface area contributed by atoms with Gasteiger partial charge in [0.15, 0.2) is 5.13 Å². The fourth-order valence-corrected chi connectivity index (χ4v) is 4.09. The van der Waals surface area contributed by atoms with Gasteiger partial charge in [-0.1, -0.05) is 30.3 Å². The molecule has 2 aromatic rings. The van der Waals surface area contributed by atoms with Gasteiger partial charge >= 0.3 is 0 Å². The lowest BCUT2D eigenvalue weighted by Gasteiger charge is -2.41. The third kappa shape index (κ3) is 4.79. The maximum atomic E-state index is 9.66. The molecule has 0 radical (unpaired) electrons. The van der Waals surface area contributed by atoms with Crippen LogP contribution in [0.4, 0.5) is 5.13 Å². The number of rotatable bonds is 5. The number of nitrogen functional groups attached to an aromatic ring is 1. The summed E-state index contributed by atoms with van der Waals surface area (Å²) in [7, 11) is 0. The monoisotopic (exact) mass is 379 g/mol. The van der Waals surface area contributed by atoms with Crippen molar-refractivity contribution in [2.75, 3.05) is 32.0 Å². The Balaban J connectivity index is 0.000000758. The zero-order chi connectivity index (χ0) is 19.0. The first kappa shape index (κ1) is 20.3. The van der Waals surface area contributed by atoms with E-state index in [1.165, 1.54) is 16.9 Å². The van der Waals surface area contributed by atoms with Crippen LogP contribution in [0.25, 0.3) is 0 Å². The largest absolute Gasteiger partial charge is 0.483 e. The Kier molecular flexibility index (Phi) is 7.52. The average Bonchev–Trinajstić information content (AvgIpc) is 3.11. The summed E-state index contributed by atoms with van der Waals surface area (Å²) < 4.78 is 0. The highest BCUT2D eigenvalue weighted by atomic mass is 32.1. The van der Waals surface area contributed by atoms with Crippen LogP contribution in [0, 0.1) is 0 Å². The van der Waals surface area contributed by atoms with Crippen LogP contribution in [0.5, 0.6) is 0 Å². The molecular formula is C18H25N3O4S. The number of carboxylic acid groups (broad SMARTS) is 1. The molecule has 3 rings (SSSR count). The maximum absolute atomic E-state index is 9.66. The summed E-state index contributed by atoms with van der Waals surface area (Å²) in [5.41, 5.74) is 8.08. The molecular weight excluding hydrogens is 354 g/mol. The van der Waals surface area contributed by atoms with Gasteiger partial charge in [0.1, 0.15) is 0 Å². The smallest absolute Gasteiger partial charge is 0.290 e. The van der Waals surface area contributed by atoms with E-state index >= 15 is 0 Å². The van der Waals surface area contributed by atoms with Gasteiger partial charge in [0.2, 0.25) is 0 Å². The Morgan fingerprint density at radius 1 is 1.31 bits per heavy atom. The molecule has 8 heteroatoms. The fourth-order valence-electron chi connectivity index (χ4n) is 3.43. The number of likely N-dealkylation sites (tertiary alicyclic amines) is 1. The van der Waals surface area contributed by atoms with Crippen molar-refractivity contribution in [1.82, 2.24) is 9.88 Å². The van der Waals surface area contributed by atoms with E-state index in [0.29, 0.717) is 11.7 Å². The first-order chi connectivity index (χ1) is 12.6. The number of aliphatic hydroxyl groups excluding tert-OH is 2. The van der Waals surface area contributed by atoms with Crippen molar-refractivity contribution in [3.8, 4) is 0 Å². The molecule has 142 valence electrons. The van der Waals surface area contributed by atoms with Crippen LogP contribution in [0.15, 0.2) is 35.7 Å². The molecule has 0 aliphatic carbocycles. The molecule has 0 bridgehead atoms. The van der Waals surface area contributed by atoms with Gasteiger partial charge in [0.05, 0.1) is 18.4 Å². The standard InChI is InChI=1S/C17H23N3O2S.CH2O2/c18-16-19-15(12-23-16)17(13-4-2-1-3-5-13)6-8-20(9-7-17)10-14(22)11-21;2-1-3/h1-5,12,14,21-22H,6-11H2,(H2,18,19);1H,(H,2,3). The van der Waals surface area contributed by atoms with Crippen LogP contribution >= 0.6 is 11.3 Å². The molecule has 7 nitrogen and oxygen atoms in total. The molecule has 1 atom stereocenters. The van der Waals surface area contributed by atoms with E-state index in [0.717, 1.165) is 31.6 Å². The van der Waals surface area contributed by atoms with Crippen molar-refractivity contribution in [2.24, 2.45) is 0 Å². The summed E-state index contributed by atoms with van der Waals surface area (Å²) in [4.78, 5) is 15.1. The van der Waals surface area contributed by atoms with Gasteiger partial charge in [-0.25, -0.2) is 4.98 Å². The molecule has 1 aliphatic rings. The molecule has 2 heterocycles. The van der Waals surface area contributed by atoms with Crippen LogP contribution in [0.3, 0.4) is 0 Å². The number of nitrogens with two attached hydrogens (primary N) is 1. The predicted octanol–water partition coefficient (Wildman–Crippen LogP) is 1.16. The van der Waals surface area contributed by atoms with Crippen molar-refractivity contribution in [3.63, 3.8) is 0 Å². The number of thiazole rings is 1. The lowest BCUT2D eigenvalue weighted by atomic mass is 9.70. The lowest BCUT2D eigenvalue weighted by molar-refractivity contribution is -0.122. The van der Waals surface area contributed by atoms with Crippen molar-refractivity contribution in [3.05, 3.63) is 47.0 Å². The van der Waals surface area contributed by atoms with Gasteiger partial charge in [-0.3, -0.25) is 4.79 Å². The van der Waals surface area contributed by atoms with E-state index in [4.69, 9.17) is 20.7 Å². The maximum Gasteiger partial charge on any atom is 0.290 e.